The average molecular weight is 979 g/mol. The molecule has 0 saturated heterocycles. The van der Waals surface area contributed by atoms with Crippen LogP contribution in [0.5, 0.6) is 0 Å². The fourth-order valence-corrected chi connectivity index (χ4v) is 9.50. The average Bonchev–Trinajstić information content (AvgIpc) is 3.73. The van der Waals surface area contributed by atoms with Gasteiger partial charge in [-0.25, -0.2) is 40.9 Å². The Labute approximate surface area is 376 Å². The Balaban J connectivity index is 1.30. The summed E-state index contributed by atoms with van der Waals surface area (Å²) in [5, 5.41) is 9.15. The van der Waals surface area contributed by atoms with Gasteiger partial charge in [-0.1, -0.05) is 17.7 Å². The van der Waals surface area contributed by atoms with Gasteiger partial charge in [0, 0.05) is 40.9 Å². The van der Waals surface area contributed by atoms with Crippen LogP contribution in [0.2, 0.25) is 5.02 Å². The van der Waals surface area contributed by atoms with E-state index in [1.165, 1.54) is 18.2 Å². The Morgan fingerprint density at radius 2 is 1.64 bits per heavy atom. The lowest BCUT2D eigenvalue weighted by Crippen LogP contribution is -2.38. The summed E-state index contributed by atoms with van der Waals surface area (Å²) in [6.07, 6.45) is -8.33. The highest BCUT2D eigenvalue weighted by molar-refractivity contribution is 7.92. The molecule has 4 aromatic heterocycles. The lowest BCUT2D eigenvalue weighted by molar-refractivity contribution is -0.141. The second-order valence-corrected chi connectivity index (χ2v) is 18.5. The van der Waals surface area contributed by atoms with Crippen molar-refractivity contribution in [3.05, 3.63) is 121 Å². The molecular formula is C42H32ClF9N10O4S. The highest BCUT2D eigenvalue weighted by Crippen LogP contribution is 2.68. The number of sulfonamides is 1. The van der Waals surface area contributed by atoms with Gasteiger partial charge in [-0.05, 0) is 74.2 Å². The van der Waals surface area contributed by atoms with E-state index < -0.39 is 129 Å². The molecule has 0 spiro atoms. The number of nitrogens with one attached hydrogen (secondary N) is 2. The molecule has 0 aliphatic heterocycles. The smallest absolute Gasteiger partial charge is 0.344 e. The van der Waals surface area contributed by atoms with Crippen LogP contribution in [-0.2, 0) is 40.3 Å². The number of fused-ring (bicyclic) bond motifs is 5. The minimum Gasteiger partial charge on any atom is -0.344 e. The third-order valence-electron chi connectivity index (χ3n) is 11.3. The van der Waals surface area contributed by atoms with Gasteiger partial charge in [-0.15, -0.1) is 0 Å². The molecule has 67 heavy (non-hydrogen) atoms. The molecule has 2 aliphatic rings. The number of alkyl halides is 7. The Bertz CT molecular complexity index is 3350. The molecule has 3 aromatic carbocycles. The van der Waals surface area contributed by atoms with Crippen LogP contribution in [0.4, 0.5) is 45.3 Å². The van der Waals surface area contributed by atoms with E-state index in [1.54, 1.807) is 19.9 Å². The highest BCUT2D eigenvalue weighted by Gasteiger charge is 2.67. The predicted molar refractivity (Wildman–Crippen MR) is 224 cm³/mol. The van der Waals surface area contributed by atoms with Crippen LogP contribution in [0.15, 0.2) is 59.4 Å². The van der Waals surface area contributed by atoms with E-state index in [0.717, 1.165) is 28.8 Å². The Hall–Kier alpha value is -6.56. The molecule has 14 nitrogen and oxygen atoms in total. The summed E-state index contributed by atoms with van der Waals surface area (Å²) in [4.78, 5) is 42.9. The number of hydrogen-bond acceptors (Lipinski definition) is 9. The number of anilines is 1. The number of benzene rings is 3. The standard InChI is InChI=1S/C42H32ClF9N10O4S/c1-17-8-18(2)54-37(53-17)20-4-5-23-27(12-20)56-39(62(40(23)64)29-7-6-26(43)32-34(29)61(16-41(48,49)50)58-38(32)59-67(3,65)66)28(11-19-9-21(44)13-22(45)10-19)55-30(63)15-60-35-31(33(57-60)36(46)47)24-14-25(24)42(35,51)52/h4-10,12-13,24-25,28,36H,11,14-16H2,1-3H3,(H,55,63)(H,58,59)/t24-,25+,28-/m0/s1. The van der Waals surface area contributed by atoms with Crippen molar-refractivity contribution in [1.82, 2.24) is 44.4 Å². The summed E-state index contributed by atoms with van der Waals surface area (Å²) in [5.41, 5.74) is -3.10. The van der Waals surface area contributed by atoms with Gasteiger partial charge in [-0.2, -0.15) is 32.1 Å². The van der Waals surface area contributed by atoms with E-state index in [1.807, 2.05) is 4.72 Å². The largest absolute Gasteiger partial charge is 0.408 e. The van der Waals surface area contributed by atoms with E-state index in [4.69, 9.17) is 16.6 Å². The maximum absolute atomic E-state index is 15.6. The minimum absolute atomic E-state index is 0.0714. The van der Waals surface area contributed by atoms with E-state index in [-0.39, 0.29) is 39.3 Å². The molecule has 9 rings (SSSR count). The first-order valence-corrected chi connectivity index (χ1v) is 22.3. The number of rotatable bonds is 12. The van der Waals surface area contributed by atoms with E-state index in [0.29, 0.717) is 38.6 Å². The fourth-order valence-electron chi connectivity index (χ4n) is 8.76. The third-order valence-corrected chi connectivity index (χ3v) is 12.2. The van der Waals surface area contributed by atoms with Crippen LogP contribution >= 0.6 is 11.6 Å². The van der Waals surface area contributed by atoms with Crippen molar-refractivity contribution in [2.24, 2.45) is 5.92 Å². The number of carbonyl (C=O) groups is 1. The molecule has 1 fully saturated rings. The molecule has 2 aliphatic carbocycles. The van der Waals surface area contributed by atoms with Gasteiger partial charge in [0.15, 0.2) is 11.6 Å². The van der Waals surface area contributed by atoms with E-state index in [2.05, 4.69) is 25.5 Å². The Morgan fingerprint density at radius 1 is 0.955 bits per heavy atom. The van der Waals surface area contributed by atoms with Crippen molar-refractivity contribution < 1.29 is 52.7 Å². The Kier molecular flexibility index (Phi) is 10.9. The van der Waals surface area contributed by atoms with Gasteiger partial charge in [0.05, 0.1) is 44.8 Å². The molecule has 2 N–H and O–H groups in total. The first-order chi connectivity index (χ1) is 31.4. The zero-order valence-electron chi connectivity index (χ0n) is 34.7. The third kappa shape index (κ3) is 8.55. The summed E-state index contributed by atoms with van der Waals surface area (Å²) in [5.74, 6) is -10.2. The first kappa shape index (κ1) is 45.6. The molecule has 4 heterocycles. The van der Waals surface area contributed by atoms with Crippen LogP contribution in [-0.4, -0.2) is 65.8 Å². The molecule has 0 unspecified atom stereocenters. The monoisotopic (exact) mass is 978 g/mol. The molecule has 3 atom stereocenters. The summed E-state index contributed by atoms with van der Waals surface area (Å²) in [6, 6.07) is 8.59. The van der Waals surface area contributed by atoms with Crippen LogP contribution in [0.25, 0.3) is 38.9 Å². The predicted octanol–water partition coefficient (Wildman–Crippen LogP) is 8.12. The van der Waals surface area contributed by atoms with Gasteiger partial charge in [0.25, 0.3) is 17.9 Å². The number of carbonyl (C=O) groups excluding carboxylic acids is 1. The highest BCUT2D eigenvalue weighted by atomic mass is 35.5. The summed E-state index contributed by atoms with van der Waals surface area (Å²) < 4.78 is 160. The molecule has 7 aromatic rings. The van der Waals surface area contributed by atoms with Crippen molar-refractivity contribution in [3.63, 3.8) is 0 Å². The van der Waals surface area contributed by atoms with Crippen molar-refractivity contribution in [1.29, 1.82) is 0 Å². The van der Waals surface area contributed by atoms with Gasteiger partial charge < -0.3 is 5.32 Å². The second-order valence-electron chi connectivity index (χ2n) is 16.4. The van der Waals surface area contributed by atoms with Crippen molar-refractivity contribution >= 4 is 55.2 Å². The SMILES string of the molecule is Cc1cc(C)nc(-c2ccc3c(=O)n(-c4ccc(Cl)c5c(NS(C)(=O)=O)nn(CC(F)(F)F)c45)c([C@H](Cc4cc(F)cc(F)c4)NC(=O)Cn4nc(C(F)F)c5c4C(F)(F)[C@@H]4C[C@H]54)nc3c2)n1. The van der Waals surface area contributed by atoms with Crippen molar-refractivity contribution in [2.75, 3.05) is 11.0 Å². The van der Waals surface area contributed by atoms with Gasteiger partial charge >= 0.3 is 6.18 Å². The molecule has 0 bridgehead atoms. The van der Waals surface area contributed by atoms with Crippen molar-refractivity contribution in [2.45, 2.75) is 70.3 Å². The zero-order valence-corrected chi connectivity index (χ0v) is 36.3. The maximum Gasteiger partial charge on any atom is 0.408 e. The van der Waals surface area contributed by atoms with Gasteiger partial charge in [0.2, 0.25) is 15.9 Å². The quantitative estimate of drug-likeness (QED) is 0.115. The number of amides is 1. The molecule has 1 saturated carbocycles. The second kappa shape index (κ2) is 16.1. The van der Waals surface area contributed by atoms with Crippen LogP contribution in [0.1, 0.15) is 64.5 Å². The molecule has 25 heteroatoms. The number of nitrogens with zero attached hydrogens (tertiary/aromatic N) is 8. The van der Waals surface area contributed by atoms with Gasteiger partial charge in [-0.3, -0.25) is 28.2 Å². The van der Waals surface area contributed by atoms with Gasteiger partial charge in [0.1, 0.15) is 41.9 Å². The molecule has 350 valence electrons. The Morgan fingerprint density at radius 3 is 2.28 bits per heavy atom. The maximum atomic E-state index is 15.6. The zero-order chi connectivity index (χ0) is 48.2. The summed E-state index contributed by atoms with van der Waals surface area (Å²) in [6.45, 7) is 0.435. The summed E-state index contributed by atoms with van der Waals surface area (Å²) in [7, 11) is -4.24. The number of aryl methyl sites for hydroxylation is 2. The number of aromatic nitrogens is 8. The fraction of sp³-hybridized carbons (Fsp3) is 0.310. The summed E-state index contributed by atoms with van der Waals surface area (Å²) >= 11 is 6.53. The first-order valence-electron chi connectivity index (χ1n) is 20.0. The number of hydrogen-bond donors (Lipinski definition) is 2. The van der Waals surface area contributed by atoms with E-state index in [9.17, 15) is 43.9 Å². The number of halogens is 10. The van der Waals surface area contributed by atoms with E-state index >= 15 is 13.6 Å². The van der Waals surface area contributed by atoms with Crippen LogP contribution in [0.3, 0.4) is 0 Å². The van der Waals surface area contributed by atoms with Crippen LogP contribution < -0.4 is 15.6 Å². The topological polar surface area (TPSA) is 172 Å². The van der Waals surface area contributed by atoms with Crippen LogP contribution in [0, 0.1) is 31.4 Å². The normalized spacial score (nSPS) is 17.0. The van der Waals surface area contributed by atoms with Crippen molar-refractivity contribution in [3.8, 4) is 17.1 Å². The lowest BCUT2D eigenvalue weighted by atomic mass is 10.0. The molecule has 1 amide bonds. The molecule has 0 radical (unpaired) electrons. The lowest BCUT2D eigenvalue weighted by Gasteiger charge is -2.24. The molecular weight excluding hydrogens is 947 g/mol. The minimum atomic E-state index is -5.02.